The first-order chi connectivity index (χ1) is 6.02. The summed E-state index contributed by atoms with van der Waals surface area (Å²) in [5.74, 6) is 0. The Labute approximate surface area is 89.6 Å². The van der Waals surface area contributed by atoms with E-state index in [4.69, 9.17) is 4.74 Å². The molecule has 0 saturated heterocycles. The summed E-state index contributed by atoms with van der Waals surface area (Å²) in [5, 5.41) is 0. The van der Waals surface area contributed by atoms with Crippen molar-refractivity contribution in [2.24, 2.45) is 5.41 Å². The molecule has 0 bridgehead atoms. The second-order valence-corrected chi connectivity index (χ2v) is 6.35. The summed E-state index contributed by atoms with van der Waals surface area (Å²) < 4.78 is 6.07. The zero-order valence-corrected chi connectivity index (χ0v) is 11.1. The Hall–Kier alpha value is -0.0800. The van der Waals surface area contributed by atoms with Gasteiger partial charge in [-0.05, 0) is 40.3 Å². The van der Waals surface area contributed by atoms with Crippen LogP contribution in [0.5, 0.6) is 0 Å². The smallest absolute Gasteiger partial charge is 0.0756 e. The summed E-state index contributed by atoms with van der Waals surface area (Å²) in [4.78, 5) is 2.18. The minimum atomic E-state index is -0.0616. The molecule has 0 aromatic heterocycles. The fourth-order valence-electron chi connectivity index (χ4n) is 1.25. The van der Waals surface area contributed by atoms with Gasteiger partial charge in [0.2, 0.25) is 0 Å². The van der Waals surface area contributed by atoms with Crippen LogP contribution >= 0.6 is 0 Å². The summed E-state index contributed by atoms with van der Waals surface area (Å²) in [5.41, 5.74) is 0.130. The van der Waals surface area contributed by atoms with Gasteiger partial charge < -0.3 is 9.64 Å². The minimum absolute atomic E-state index is 0.0616. The van der Waals surface area contributed by atoms with Crippen LogP contribution in [0.4, 0.5) is 0 Å². The van der Waals surface area contributed by atoms with Crippen molar-refractivity contribution in [3.05, 3.63) is 0 Å². The topological polar surface area (TPSA) is 12.5 Å². The molecule has 0 fully saturated rings. The summed E-state index contributed by atoms with van der Waals surface area (Å²) in [7, 11) is 4.18. The Balaban J connectivity index is 4.42. The number of nitrogens with zero attached hydrogens (tertiary/aromatic N) is 1. The first-order valence-corrected chi connectivity index (χ1v) is 5.35. The van der Waals surface area contributed by atoms with Crippen molar-refractivity contribution in [3.63, 3.8) is 0 Å². The lowest BCUT2D eigenvalue weighted by Crippen LogP contribution is -2.42. The van der Waals surface area contributed by atoms with Gasteiger partial charge in [-0.3, -0.25) is 0 Å². The second kappa shape index (κ2) is 4.63. The standard InChI is InChI=1S/C12H27NO/c1-11(2,3)10(9-13(7)8)14-12(4,5)6/h10H,9H2,1-8H3/t10-/m0/s1. The molecule has 0 aromatic rings. The lowest BCUT2D eigenvalue weighted by atomic mass is 9.88. The van der Waals surface area contributed by atoms with Crippen LogP contribution in [0.15, 0.2) is 0 Å². The third-order valence-corrected chi connectivity index (χ3v) is 1.99. The van der Waals surface area contributed by atoms with Gasteiger partial charge in [-0.25, -0.2) is 0 Å². The van der Waals surface area contributed by atoms with Gasteiger partial charge >= 0.3 is 0 Å². The molecule has 86 valence electrons. The Morgan fingerprint density at radius 3 is 1.64 bits per heavy atom. The third kappa shape index (κ3) is 6.39. The molecule has 2 nitrogen and oxygen atoms in total. The van der Waals surface area contributed by atoms with Crippen molar-refractivity contribution in [1.82, 2.24) is 4.90 Å². The lowest BCUT2D eigenvalue weighted by Gasteiger charge is -2.37. The van der Waals surface area contributed by atoms with Crippen LogP contribution in [0, 0.1) is 5.41 Å². The lowest BCUT2D eigenvalue weighted by molar-refractivity contribution is -0.111. The fourth-order valence-corrected chi connectivity index (χ4v) is 1.25. The van der Waals surface area contributed by atoms with E-state index in [1.165, 1.54) is 0 Å². The van der Waals surface area contributed by atoms with Crippen LogP contribution in [0.2, 0.25) is 0 Å². The molecular weight excluding hydrogens is 174 g/mol. The molecule has 1 atom stereocenters. The molecule has 0 amide bonds. The van der Waals surface area contributed by atoms with E-state index in [-0.39, 0.29) is 17.1 Å². The van der Waals surface area contributed by atoms with Crippen LogP contribution in [-0.4, -0.2) is 37.2 Å². The number of rotatable bonds is 3. The molecule has 0 spiro atoms. The highest BCUT2D eigenvalue weighted by atomic mass is 16.5. The summed E-state index contributed by atoms with van der Waals surface area (Å²) in [6, 6.07) is 0. The SMILES string of the molecule is CN(C)C[C@H](OC(C)(C)C)C(C)(C)C. The van der Waals surface area contributed by atoms with Gasteiger partial charge in [-0.1, -0.05) is 20.8 Å². The van der Waals surface area contributed by atoms with Crippen molar-refractivity contribution in [2.45, 2.75) is 53.2 Å². The maximum Gasteiger partial charge on any atom is 0.0756 e. The maximum absolute atomic E-state index is 6.07. The monoisotopic (exact) mass is 201 g/mol. The van der Waals surface area contributed by atoms with Crippen LogP contribution in [-0.2, 0) is 4.74 Å². The molecule has 0 aliphatic carbocycles. The molecule has 0 aliphatic heterocycles. The first kappa shape index (κ1) is 13.9. The van der Waals surface area contributed by atoms with Gasteiger partial charge in [0.05, 0.1) is 11.7 Å². The van der Waals surface area contributed by atoms with Crippen LogP contribution in [0.1, 0.15) is 41.5 Å². The van der Waals surface area contributed by atoms with E-state index >= 15 is 0 Å². The molecular formula is C12H27NO. The van der Waals surface area contributed by atoms with E-state index in [1.54, 1.807) is 0 Å². The predicted octanol–water partition coefficient (Wildman–Crippen LogP) is 2.78. The van der Waals surface area contributed by atoms with Gasteiger partial charge in [0.25, 0.3) is 0 Å². The molecule has 0 aliphatic rings. The van der Waals surface area contributed by atoms with Crippen LogP contribution < -0.4 is 0 Å². The molecule has 0 unspecified atom stereocenters. The Kier molecular flexibility index (Phi) is 4.60. The molecule has 0 heterocycles. The van der Waals surface area contributed by atoms with Crippen molar-refractivity contribution >= 4 is 0 Å². The van der Waals surface area contributed by atoms with Gasteiger partial charge in [0, 0.05) is 6.54 Å². The van der Waals surface area contributed by atoms with Gasteiger partial charge in [-0.2, -0.15) is 0 Å². The van der Waals surface area contributed by atoms with E-state index in [0.29, 0.717) is 0 Å². The Morgan fingerprint density at radius 2 is 1.43 bits per heavy atom. The molecule has 0 radical (unpaired) electrons. The number of hydrogen-bond acceptors (Lipinski definition) is 2. The highest BCUT2D eigenvalue weighted by Gasteiger charge is 2.29. The maximum atomic E-state index is 6.07. The largest absolute Gasteiger partial charge is 0.371 e. The van der Waals surface area contributed by atoms with Crippen molar-refractivity contribution in [1.29, 1.82) is 0 Å². The zero-order chi connectivity index (χ0) is 11.6. The molecule has 0 aromatic carbocycles. The van der Waals surface area contributed by atoms with E-state index in [0.717, 1.165) is 6.54 Å². The van der Waals surface area contributed by atoms with E-state index in [9.17, 15) is 0 Å². The van der Waals surface area contributed by atoms with Crippen LogP contribution in [0.3, 0.4) is 0 Å². The fraction of sp³-hybridized carbons (Fsp3) is 1.00. The second-order valence-electron chi connectivity index (χ2n) is 6.35. The normalized spacial score (nSPS) is 16.1. The highest BCUT2D eigenvalue weighted by molar-refractivity contribution is 4.79. The Bertz CT molecular complexity index is 162. The summed E-state index contributed by atoms with van der Waals surface area (Å²) in [6.07, 6.45) is 0.275. The number of ether oxygens (including phenoxy) is 1. The molecule has 0 rings (SSSR count). The van der Waals surface area contributed by atoms with Crippen molar-refractivity contribution < 1.29 is 4.74 Å². The molecule has 2 heteroatoms. The average molecular weight is 201 g/mol. The highest BCUT2D eigenvalue weighted by Crippen LogP contribution is 2.26. The summed E-state index contributed by atoms with van der Waals surface area (Å²) in [6.45, 7) is 14.0. The average Bonchev–Trinajstić information content (AvgIpc) is 1.78. The minimum Gasteiger partial charge on any atom is -0.371 e. The number of hydrogen-bond donors (Lipinski definition) is 0. The third-order valence-electron chi connectivity index (χ3n) is 1.99. The molecule has 14 heavy (non-hydrogen) atoms. The van der Waals surface area contributed by atoms with Gasteiger partial charge in [0.15, 0.2) is 0 Å². The number of likely N-dealkylation sites (N-methyl/N-ethyl adjacent to an activating group) is 1. The van der Waals surface area contributed by atoms with Crippen molar-refractivity contribution in [3.8, 4) is 0 Å². The Morgan fingerprint density at radius 1 is 1.00 bits per heavy atom. The van der Waals surface area contributed by atoms with Gasteiger partial charge in [-0.15, -0.1) is 0 Å². The van der Waals surface area contributed by atoms with Gasteiger partial charge in [0.1, 0.15) is 0 Å². The predicted molar refractivity (Wildman–Crippen MR) is 62.6 cm³/mol. The molecule has 0 saturated carbocycles. The zero-order valence-electron chi connectivity index (χ0n) is 11.1. The summed E-state index contributed by atoms with van der Waals surface area (Å²) >= 11 is 0. The van der Waals surface area contributed by atoms with E-state index in [1.807, 2.05) is 0 Å². The van der Waals surface area contributed by atoms with Crippen LogP contribution in [0.25, 0.3) is 0 Å². The molecule has 0 N–H and O–H groups in total. The first-order valence-electron chi connectivity index (χ1n) is 5.35. The quantitative estimate of drug-likeness (QED) is 0.696. The van der Waals surface area contributed by atoms with E-state index < -0.39 is 0 Å². The van der Waals surface area contributed by atoms with Crippen molar-refractivity contribution in [2.75, 3.05) is 20.6 Å². The van der Waals surface area contributed by atoms with E-state index in [2.05, 4.69) is 60.5 Å².